The second kappa shape index (κ2) is 11.5. The second-order valence-corrected chi connectivity index (χ2v) is 11.1. The zero-order valence-corrected chi connectivity index (χ0v) is 23.9. The molecule has 0 unspecified atom stereocenters. The van der Waals surface area contributed by atoms with Crippen molar-refractivity contribution in [1.82, 2.24) is 4.57 Å². The van der Waals surface area contributed by atoms with Crippen molar-refractivity contribution in [3.63, 3.8) is 0 Å². The van der Waals surface area contributed by atoms with Gasteiger partial charge in [0.05, 0.1) is 35.3 Å². The fraction of sp³-hybridized carbons (Fsp3) is 0.323. The van der Waals surface area contributed by atoms with Gasteiger partial charge in [-0.2, -0.15) is 0 Å². The molecular formula is C31H34N2O5S. The van der Waals surface area contributed by atoms with Crippen LogP contribution in [0, 0.1) is 0 Å². The number of nitrogens with zero attached hydrogens (tertiary/aromatic N) is 1. The largest absolute Gasteiger partial charge is 0.466 e. The average Bonchev–Trinajstić information content (AvgIpc) is 3.24. The van der Waals surface area contributed by atoms with Crippen LogP contribution in [0.15, 0.2) is 58.9 Å². The minimum atomic E-state index is -0.867. The van der Waals surface area contributed by atoms with Gasteiger partial charge in [0.15, 0.2) is 0 Å². The molecule has 204 valence electrons. The molecule has 0 saturated carbocycles. The summed E-state index contributed by atoms with van der Waals surface area (Å²) in [6.07, 6.45) is 1.76. The van der Waals surface area contributed by atoms with Crippen molar-refractivity contribution in [2.45, 2.75) is 52.4 Å². The maximum Gasteiger partial charge on any atom is 0.338 e. The van der Waals surface area contributed by atoms with Crippen LogP contribution in [0.3, 0.4) is 0 Å². The van der Waals surface area contributed by atoms with Crippen LogP contribution in [-0.4, -0.2) is 30.2 Å². The predicted octanol–water partition coefficient (Wildman–Crippen LogP) is 3.80. The van der Waals surface area contributed by atoms with Crippen LogP contribution in [0.1, 0.15) is 74.6 Å². The number of esters is 2. The number of carbonyl (C=O) groups is 2. The Labute approximate surface area is 231 Å². The first kappa shape index (κ1) is 28.1. The maximum absolute atomic E-state index is 13.7. The van der Waals surface area contributed by atoms with E-state index in [2.05, 4.69) is 27.7 Å². The topological polar surface area (TPSA) is 101 Å². The van der Waals surface area contributed by atoms with E-state index >= 15 is 0 Å². The first-order valence-corrected chi connectivity index (χ1v) is 13.8. The van der Waals surface area contributed by atoms with Crippen LogP contribution in [0.25, 0.3) is 17.5 Å². The van der Waals surface area contributed by atoms with Gasteiger partial charge in [-0.3, -0.25) is 9.36 Å². The molecule has 2 aromatic carbocycles. The highest BCUT2D eigenvalue weighted by atomic mass is 32.1. The third-order valence-electron chi connectivity index (χ3n) is 6.89. The standard InChI is InChI=1S/C31H34N2O5S/c1-7-38-31(36)25-24(22-14-12-21(13-15-22)18(4)5)26(30(35)37-6)29-33(27(25)32)28(34)23(39-29)16-19-8-10-20(11-9-19)17(2)3/h8-18,24H,7,32H2,1-6H3/t24-/m0/s1. The SMILES string of the molecule is CCOC(=O)C1=C(N)n2c(sc(=Cc3ccc(C(C)C)cc3)c2=O)=C(C(=O)OC)[C@H]1c1ccc(C(C)C)cc1. The van der Waals surface area contributed by atoms with E-state index < -0.39 is 23.4 Å². The zero-order valence-electron chi connectivity index (χ0n) is 23.1. The molecule has 3 aromatic rings. The number of ether oxygens (including phenoxy) is 2. The fourth-order valence-corrected chi connectivity index (χ4v) is 5.86. The third-order valence-corrected chi connectivity index (χ3v) is 7.99. The van der Waals surface area contributed by atoms with Crippen molar-refractivity contribution >= 4 is 40.7 Å². The van der Waals surface area contributed by atoms with Crippen LogP contribution < -0.4 is 20.5 Å². The summed E-state index contributed by atoms with van der Waals surface area (Å²) in [5, 5.41) is 0. The van der Waals surface area contributed by atoms with E-state index in [9.17, 15) is 14.4 Å². The molecule has 2 N–H and O–H groups in total. The Bertz CT molecular complexity index is 1610. The molecule has 7 nitrogen and oxygen atoms in total. The number of benzene rings is 2. The molecule has 0 fully saturated rings. The van der Waals surface area contributed by atoms with Gasteiger partial charge in [0, 0.05) is 0 Å². The van der Waals surface area contributed by atoms with Crippen LogP contribution in [0.4, 0.5) is 0 Å². The van der Waals surface area contributed by atoms with Gasteiger partial charge in [-0.05, 0) is 47.1 Å². The molecule has 2 heterocycles. The summed E-state index contributed by atoms with van der Waals surface area (Å²) >= 11 is 1.15. The van der Waals surface area contributed by atoms with Crippen molar-refractivity contribution < 1.29 is 19.1 Å². The number of fused-ring (bicyclic) bond motifs is 1. The van der Waals surface area contributed by atoms with Crippen molar-refractivity contribution in [2.75, 3.05) is 13.7 Å². The number of thiazole rings is 1. The molecule has 39 heavy (non-hydrogen) atoms. The van der Waals surface area contributed by atoms with E-state index in [1.807, 2.05) is 48.5 Å². The molecule has 0 spiro atoms. The number of hydrogen-bond donors (Lipinski definition) is 1. The predicted molar refractivity (Wildman–Crippen MR) is 155 cm³/mol. The van der Waals surface area contributed by atoms with Gasteiger partial charge < -0.3 is 15.2 Å². The monoisotopic (exact) mass is 546 g/mol. The summed E-state index contributed by atoms with van der Waals surface area (Å²) in [6, 6.07) is 15.6. The lowest BCUT2D eigenvalue weighted by Crippen LogP contribution is -2.41. The van der Waals surface area contributed by atoms with Gasteiger partial charge in [-0.15, -0.1) is 11.3 Å². The Kier molecular flexibility index (Phi) is 8.25. The molecule has 0 aliphatic carbocycles. The van der Waals surface area contributed by atoms with E-state index in [4.69, 9.17) is 15.2 Å². The van der Waals surface area contributed by atoms with Gasteiger partial charge in [-0.1, -0.05) is 76.2 Å². The summed E-state index contributed by atoms with van der Waals surface area (Å²) < 4.78 is 12.5. The van der Waals surface area contributed by atoms with Crippen LogP contribution >= 0.6 is 11.3 Å². The van der Waals surface area contributed by atoms with Gasteiger partial charge in [-0.25, -0.2) is 9.59 Å². The first-order chi connectivity index (χ1) is 18.6. The minimum absolute atomic E-state index is 0.0368. The van der Waals surface area contributed by atoms with Gasteiger partial charge >= 0.3 is 11.9 Å². The lowest BCUT2D eigenvalue weighted by molar-refractivity contribution is -0.138. The number of hydrogen-bond acceptors (Lipinski definition) is 7. The Balaban J connectivity index is 2.04. The number of rotatable bonds is 7. The molecule has 0 radical (unpaired) electrons. The van der Waals surface area contributed by atoms with Gasteiger partial charge in [0.2, 0.25) is 0 Å². The summed E-state index contributed by atoms with van der Waals surface area (Å²) in [5.41, 5.74) is 10.2. The maximum atomic E-state index is 13.7. The summed E-state index contributed by atoms with van der Waals surface area (Å²) in [7, 11) is 1.28. The highest BCUT2D eigenvalue weighted by molar-refractivity contribution is 7.07. The summed E-state index contributed by atoms with van der Waals surface area (Å²) in [6.45, 7) is 10.2. The van der Waals surface area contributed by atoms with Crippen molar-refractivity contribution in [1.29, 1.82) is 0 Å². The molecule has 1 aromatic heterocycles. The first-order valence-electron chi connectivity index (χ1n) is 13.0. The summed E-state index contributed by atoms with van der Waals surface area (Å²) in [4.78, 5) is 40.3. The van der Waals surface area contributed by atoms with Crippen LogP contribution in [-0.2, 0) is 19.1 Å². The van der Waals surface area contributed by atoms with E-state index in [-0.39, 0.29) is 23.6 Å². The Morgan fingerprint density at radius 2 is 1.51 bits per heavy atom. The van der Waals surface area contributed by atoms with Crippen LogP contribution in [0.2, 0.25) is 0 Å². The zero-order chi connectivity index (χ0) is 28.4. The molecular weight excluding hydrogens is 512 g/mol. The molecule has 1 aliphatic rings. The van der Waals surface area contributed by atoms with Crippen molar-refractivity contribution in [3.05, 3.63) is 95.9 Å². The number of aromatic nitrogens is 1. The quantitative estimate of drug-likeness (QED) is 0.453. The molecule has 1 atom stereocenters. The van der Waals surface area contributed by atoms with Crippen molar-refractivity contribution in [3.8, 4) is 0 Å². The number of methoxy groups -OCH3 is 1. The second-order valence-electron chi connectivity index (χ2n) is 10.1. The normalized spacial score (nSPS) is 15.6. The van der Waals surface area contributed by atoms with E-state index in [0.717, 1.165) is 22.5 Å². The third kappa shape index (κ3) is 5.34. The molecule has 4 rings (SSSR count). The van der Waals surface area contributed by atoms with E-state index in [0.29, 0.717) is 26.6 Å². The smallest absolute Gasteiger partial charge is 0.338 e. The van der Waals surface area contributed by atoms with Crippen molar-refractivity contribution in [2.24, 2.45) is 5.73 Å². The highest BCUT2D eigenvalue weighted by Gasteiger charge is 2.39. The Morgan fingerprint density at radius 1 is 0.949 bits per heavy atom. The number of nitrogens with two attached hydrogens (primary N) is 1. The number of carbonyl (C=O) groups excluding carboxylic acids is 2. The minimum Gasteiger partial charge on any atom is -0.466 e. The van der Waals surface area contributed by atoms with Gasteiger partial charge in [0.25, 0.3) is 5.56 Å². The lowest BCUT2D eigenvalue weighted by Gasteiger charge is -2.27. The average molecular weight is 547 g/mol. The lowest BCUT2D eigenvalue weighted by atomic mass is 9.82. The fourth-order valence-electron chi connectivity index (χ4n) is 4.70. The molecule has 0 bridgehead atoms. The van der Waals surface area contributed by atoms with Gasteiger partial charge in [0.1, 0.15) is 10.5 Å². The van der Waals surface area contributed by atoms with E-state index in [1.54, 1.807) is 13.0 Å². The Hall–Kier alpha value is -3.91. The molecule has 1 aliphatic heterocycles. The molecule has 0 saturated heterocycles. The molecule has 0 amide bonds. The molecule has 8 heteroatoms. The highest BCUT2D eigenvalue weighted by Crippen LogP contribution is 2.38. The summed E-state index contributed by atoms with van der Waals surface area (Å²) in [5.74, 6) is -1.57. The van der Waals surface area contributed by atoms with Crippen LogP contribution in [0.5, 0.6) is 0 Å². The van der Waals surface area contributed by atoms with E-state index in [1.165, 1.54) is 17.2 Å². The Morgan fingerprint density at radius 3 is 2.03 bits per heavy atom.